The first-order valence-corrected chi connectivity index (χ1v) is 5.01. The second kappa shape index (κ2) is 5.76. The molecule has 7 heteroatoms. The van der Waals surface area contributed by atoms with Crippen molar-refractivity contribution in [3.63, 3.8) is 0 Å². The first-order chi connectivity index (χ1) is 8.40. The van der Waals surface area contributed by atoms with Gasteiger partial charge in [0.15, 0.2) is 0 Å². The van der Waals surface area contributed by atoms with Gasteiger partial charge in [0.25, 0.3) is 5.91 Å². The molecule has 6 nitrogen and oxygen atoms in total. The molecule has 0 atom stereocenters. The van der Waals surface area contributed by atoms with Crippen LogP contribution in [0.5, 0.6) is 0 Å². The van der Waals surface area contributed by atoms with Gasteiger partial charge in [-0.1, -0.05) is 0 Å². The van der Waals surface area contributed by atoms with Gasteiger partial charge in [-0.05, 0) is 24.3 Å². The van der Waals surface area contributed by atoms with Crippen LogP contribution < -0.4 is 11.5 Å². The van der Waals surface area contributed by atoms with Crippen molar-refractivity contribution in [2.24, 2.45) is 11.5 Å². The molecule has 0 aliphatic carbocycles. The molecule has 4 N–H and O–H groups in total. The zero-order valence-corrected chi connectivity index (χ0v) is 9.43. The van der Waals surface area contributed by atoms with E-state index in [9.17, 15) is 18.8 Å². The van der Waals surface area contributed by atoms with Gasteiger partial charge in [-0.15, -0.1) is 0 Å². The van der Waals surface area contributed by atoms with E-state index in [1.165, 1.54) is 12.1 Å². The van der Waals surface area contributed by atoms with Crippen LogP contribution in [0.2, 0.25) is 0 Å². The van der Waals surface area contributed by atoms with E-state index in [0.717, 1.165) is 17.0 Å². The van der Waals surface area contributed by atoms with E-state index in [2.05, 4.69) is 0 Å². The van der Waals surface area contributed by atoms with Crippen molar-refractivity contribution in [3.05, 3.63) is 35.6 Å². The van der Waals surface area contributed by atoms with Crippen LogP contribution >= 0.6 is 0 Å². The zero-order chi connectivity index (χ0) is 13.7. The van der Waals surface area contributed by atoms with Crippen LogP contribution in [0.25, 0.3) is 0 Å². The normalized spacial score (nSPS) is 9.83. The number of nitrogens with two attached hydrogens (primary N) is 2. The molecule has 0 bridgehead atoms. The van der Waals surface area contributed by atoms with Crippen LogP contribution in [0, 0.1) is 5.82 Å². The number of amides is 3. The van der Waals surface area contributed by atoms with Crippen LogP contribution in [-0.4, -0.2) is 35.7 Å². The van der Waals surface area contributed by atoms with Crippen LogP contribution in [0.4, 0.5) is 4.39 Å². The van der Waals surface area contributed by atoms with E-state index in [1.54, 1.807) is 0 Å². The highest BCUT2D eigenvalue weighted by Crippen LogP contribution is 2.06. The molecular weight excluding hydrogens is 241 g/mol. The lowest BCUT2D eigenvalue weighted by Crippen LogP contribution is -2.43. The Labute approximate surface area is 102 Å². The summed E-state index contributed by atoms with van der Waals surface area (Å²) in [6.45, 7) is -0.863. The lowest BCUT2D eigenvalue weighted by Gasteiger charge is -2.19. The number of halogens is 1. The van der Waals surface area contributed by atoms with Crippen molar-refractivity contribution < 1.29 is 18.8 Å². The van der Waals surface area contributed by atoms with Gasteiger partial charge in [-0.25, -0.2) is 4.39 Å². The van der Waals surface area contributed by atoms with Crippen molar-refractivity contribution in [1.82, 2.24) is 4.90 Å². The minimum absolute atomic E-state index is 0.138. The monoisotopic (exact) mass is 253 g/mol. The third-order valence-corrected chi connectivity index (χ3v) is 2.07. The lowest BCUT2D eigenvalue weighted by atomic mass is 10.2. The second-order valence-corrected chi connectivity index (χ2v) is 3.60. The van der Waals surface area contributed by atoms with Gasteiger partial charge in [0, 0.05) is 5.56 Å². The predicted octanol–water partition coefficient (Wildman–Crippen LogP) is -0.762. The van der Waals surface area contributed by atoms with Gasteiger partial charge in [0.2, 0.25) is 11.8 Å². The summed E-state index contributed by atoms with van der Waals surface area (Å²) in [6, 6.07) is 4.68. The smallest absolute Gasteiger partial charge is 0.254 e. The standard InChI is InChI=1S/C11H12FN3O3/c12-8-3-1-7(2-4-8)11(18)15(5-9(13)16)6-10(14)17/h1-4H,5-6H2,(H2,13,16)(H2,14,17). The average Bonchev–Trinajstić information content (AvgIpc) is 2.27. The topological polar surface area (TPSA) is 106 Å². The second-order valence-electron chi connectivity index (χ2n) is 3.60. The Bertz CT molecular complexity index is 457. The molecule has 0 aliphatic rings. The Morgan fingerprint density at radius 3 is 1.83 bits per heavy atom. The van der Waals surface area contributed by atoms with Crippen molar-refractivity contribution in [2.45, 2.75) is 0 Å². The van der Waals surface area contributed by atoms with Crippen LogP contribution in [0.1, 0.15) is 10.4 Å². The number of carbonyl (C=O) groups is 3. The van der Waals surface area contributed by atoms with E-state index < -0.39 is 36.6 Å². The van der Waals surface area contributed by atoms with Gasteiger partial charge in [-0.3, -0.25) is 14.4 Å². The van der Waals surface area contributed by atoms with Crippen molar-refractivity contribution in [2.75, 3.05) is 13.1 Å². The number of rotatable bonds is 5. The molecule has 3 amide bonds. The largest absolute Gasteiger partial charge is 0.368 e. The summed E-state index contributed by atoms with van der Waals surface area (Å²) >= 11 is 0. The summed E-state index contributed by atoms with van der Waals surface area (Å²) in [5.74, 6) is -2.66. The average molecular weight is 253 g/mol. The SMILES string of the molecule is NC(=O)CN(CC(N)=O)C(=O)c1ccc(F)cc1. The fourth-order valence-corrected chi connectivity index (χ4v) is 1.35. The minimum atomic E-state index is -0.772. The molecule has 0 fully saturated rings. The van der Waals surface area contributed by atoms with E-state index in [1.807, 2.05) is 0 Å². The van der Waals surface area contributed by atoms with Crippen LogP contribution in [0.15, 0.2) is 24.3 Å². The molecule has 96 valence electrons. The number of hydrogen-bond donors (Lipinski definition) is 2. The molecule has 18 heavy (non-hydrogen) atoms. The number of carbonyl (C=O) groups excluding carboxylic acids is 3. The Morgan fingerprint density at radius 1 is 1.00 bits per heavy atom. The molecule has 1 aromatic rings. The summed E-state index contributed by atoms with van der Waals surface area (Å²) in [4.78, 5) is 34.4. The molecule has 0 aliphatic heterocycles. The third kappa shape index (κ3) is 3.85. The number of primary amides is 2. The highest BCUT2D eigenvalue weighted by atomic mass is 19.1. The first-order valence-electron chi connectivity index (χ1n) is 5.01. The molecule has 0 radical (unpaired) electrons. The number of benzene rings is 1. The quantitative estimate of drug-likeness (QED) is 0.720. The summed E-state index contributed by atoms with van der Waals surface area (Å²) in [7, 11) is 0. The Kier molecular flexibility index (Phi) is 4.36. The van der Waals surface area contributed by atoms with E-state index in [-0.39, 0.29) is 5.56 Å². The summed E-state index contributed by atoms with van der Waals surface area (Å²) in [6.07, 6.45) is 0. The number of nitrogens with zero attached hydrogens (tertiary/aromatic N) is 1. The predicted molar refractivity (Wildman–Crippen MR) is 60.7 cm³/mol. The Morgan fingerprint density at radius 2 is 1.44 bits per heavy atom. The zero-order valence-electron chi connectivity index (χ0n) is 9.43. The fourth-order valence-electron chi connectivity index (χ4n) is 1.35. The van der Waals surface area contributed by atoms with Crippen molar-refractivity contribution in [3.8, 4) is 0 Å². The maximum atomic E-state index is 12.7. The molecule has 0 heterocycles. The molecule has 0 spiro atoms. The molecule has 1 aromatic carbocycles. The van der Waals surface area contributed by atoms with E-state index >= 15 is 0 Å². The summed E-state index contributed by atoms with van der Waals surface area (Å²) in [5.41, 5.74) is 10.1. The van der Waals surface area contributed by atoms with Gasteiger partial charge >= 0.3 is 0 Å². The third-order valence-electron chi connectivity index (χ3n) is 2.07. The first kappa shape index (κ1) is 13.6. The van der Waals surface area contributed by atoms with Crippen LogP contribution in [-0.2, 0) is 9.59 Å². The summed E-state index contributed by atoms with van der Waals surface area (Å²) < 4.78 is 12.7. The van der Waals surface area contributed by atoms with Gasteiger partial charge < -0.3 is 16.4 Å². The molecule has 1 rings (SSSR count). The lowest BCUT2D eigenvalue weighted by molar-refractivity contribution is -0.121. The van der Waals surface area contributed by atoms with Gasteiger partial charge in [-0.2, -0.15) is 0 Å². The highest BCUT2D eigenvalue weighted by Gasteiger charge is 2.19. The maximum absolute atomic E-state index is 12.7. The fraction of sp³-hybridized carbons (Fsp3) is 0.182. The van der Waals surface area contributed by atoms with Crippen molar-refractivity contribution in [1.29, 1.82) is 0 Å². The van der Waals surface area contributed by atoms with Crippen molar-refractivity contribution >= 4 is 17.7 Å². The van der Waals surface area contributed by atoms with E-state index in [4.69, 9.17) is 11.5 Å². The summed E-state index contributed by atoms with van der Waals surface area (Å²) in [5, 5.41) is 0. The van der Waals surface area contributed by atoms with Gasteiger partial charge in [0.1, 0.15) is 18.9 Å². The van der Waals surface area contributed by atoms with Crippen LogP contribution in [0.3, 0.4) is 0 Å². The molecule has 0 unspecified atom stereocenters. The molecular formula is C11H12FN3O3. The van der Waals surface area contributed by atoms with E-state index in [0.29, 0.717) is 0 Å². The maximum Gasteiger partial charge on any atom is 0.254 e. The van der Waals surface area contributed by atoms with Gasteiger partial charge in [0.05, 0.1) is 0 Å². The molecule has 0 saturated carbocycles. The molecule has 0 aromatic heterocycles. The Balaban J connectivity index is 2.90. The molecule has 0 saturated heterocycles. The minimum Gasteiger partial charge on any atom is -0.368 e. The highest BCUT2D eigenvalue weighted by molar-refractivity contribution is 5.98. The number of hydrogen-bond acceptors (Lipinski definition) is 3. The Hall–Kier alpha value is -2.44.